The van der Waals surface area contributed by atoms with Gasteiger partial charge in [-0.1, -0.05) is 24.0 Å². The highest BCUT2D eigenvalue weighted by Gasteiger charge is 2.48. The van der Waals surface area contributed by atoms with E-state index in [0.29, 0.717) is 62.5 Å². The van der Waals surface area contributed by atoms with Gasteiger partial charge in [0, 0.05) is 31.2 Å². The van der Waals surface area contributed by atoms with Crippen LogP contribution in [0.3, 0.4) is 0 Å². The van der Waals surface area contributed by atoms with Gasteiger partial charge in [0.25, 0.3) is 11.7 Å². The number of hydrogen-bond acceptors (Lipinski definition) is 8. The molecule has 2 unspecified atom stereocenters. The van der Waals surface area contributed by atoms with E-state index in [9.17, 15) is 27.9 Å². The molecule has 1 saturated heterocycles. The van der Waals surface area contributed by atoms with Gasteiger partial charge in [-0.3, -0.25) is 14.5 Å². The Kier molecular flexibility index (Phi) is 9.00. The standard InChI is InChI=1S/C30H30F3N7O4/c1-29(43,30(31,32)33)8-3-9-34-26(41)17-21-4-2-5-23(16-21)40-19-24(27-35-10-11-39(27)20-40)37-25-7-6-22(18-36-25)28(42)38-12-14-44-15-13-38/h2,4-7,10-11,16,18-19,43H,9,12-15,17,20H2,1H3,(H,34,41)(H,36,37)/p+1. The van der Waals surface area contributed by atoms with Crippen LogP contribution in [0.15, 0.2) is 71.9 Å². The van der Waals surface area contributed by atoms with Crippen molar-refractivity contribution in [3.63, 3.8) is 0 Å². The molecule has 2 aromatic rings. The summed E-state index contributed by atoms with van der Waals surface area (Å²) in [4.78, 5) is 38.8. The molecule has 1 aromatic heterocycles. The Labute approximate surface area is 251 Å². The lowest BCUT2D eigenvalue weighted by Crippen LogP contribution is -3.12. The number of nitrogens with zero attached hydrogens (tertiary/aromatic N) is 4. The fraction of sp³-hybridized carbons (Fsp3) is 0.333. The van der Waals surface area contributed by atoms with E-state index in [-0.39, 0.29) is 18.9 Å². The average Bonchev–Trinajstić information content (AvgIpc) is 3.49. The van der Waals surface area contributed by atoms with Crippen LogP contribution in [0.25, 0.3) is 0 Å². The van der Waals surface area contributed by atoms with Crippen molar-refractivity contribution in [2.24, 2.45) is 4.99 Å². The maximum Gasteiger partial charge on any atom is 0.428 e. The summed E-state index contributed by atoms with van der Waals surface area (Å²) >= 11 is 0. The number of amides is 2. The number of hydrogen-bond donors (Lipinski definition) is 4. The average molecular weight is 611 g/mol. The van der Waals surface area contributed by atoms with Crippen LogP contribution in [-0.4, -0.2) is 83.9 Å². The zero-order valence-corrected chi connectivity index (χ0v) is 23.8. The SMILES string of the molecule is CC(O)(C#CCNC(=O)Cc1cccc(N2C=C(Nc3ccc(C(=O)N4CCOCC4)cn3)C3=NC=C[NH+]3C2)c1)C(F)(F)F. The molecule has 3 aliphatic rings. The molecule has 4 N–H and O–H groups in total. The van der Waals surface area contributed by atoms with Gasteiger partial charge in [0.15, 0.2) is 6.67 Å². The molecule has 3 aliphatic heterocycles. The van der Waals surface area contributed by atoms with Gasteiger partial charge in [-0.25, -0.2) is 9.88 Å². The summed E-state index contributed by atoms with van der Waals surface area (Å²) in [5.74, 6) is 4.69. The van der Waals surface area contributed by atoms with Crippen molar-refractivity contribution in [3.05, 3.63) is 78.0 Å². The molecule has 0 aliphatic carbocycles. The molecule has 2 amide bonds. The Morgan fingerprint density at radius 2 is 1.98 bits per heavy atom. The zero-order chi connectivity index (χ0) is 31.3. The highest BCUT2D eigenvalue weighted by Crippen LogP contribution is 2.29. The molecular formula is C30H31F3N7O4+. The summed E-state index contributed by atoms with van der Waals surface area (Å²) in [6.45, 7) is 2.88. The second-order valence-corrected chi connectivity index (χ2v) is 10.4. The first-order valence-corrected chi connectivity index (χ1v) is 13.8. The van der Waals surface area contributed by atoms with Crippen molar-refractivity contribution in [2.75, 3.05) is 49.7 Å². The largest absolute Gasteiger partial charge is 0.428 e. The molecule has 230 valence electrons. The van der Waals surface area contributed by atoms with Gasteiger partial charge in [-0.05, 0) is 36.8 Å². The van der Waals surface area contributed by atoms with Crippen LogP contribution in [0.5, 0.6) is 0 Å². The van der Waals surface area contributed by atoms with Gasteiger partial charge >= 0.3 is 6.18 Å². The number of carbonyl (C=O) groups excluding carboxylic acids is 2. The second-order valence-electron chi connectivity index (χ2n) is 10.4. The number of fused-ring (bicyclic) bond motifs is 1. The van der Waals surface area contributed by atoms with Crippen molar-refractivity contribution in [3.8, 4) is 11.8 Å². The van der Waals surface area contributed by atoms with E-state index in [0.717, 1.165) is 16.4 Å². The third kappa shape index (κ3) is 7.25. The van der Waals surface area contributed by atoms with Crippen molar-refractivity contribution in [2.45, 2.75) is 25.1 Å². The number of halogens is 3. The number of alkyl halides is 3. The Morgan fingerprint density at radius 3 is 2.70 bits per heavy atom. The summed E-state index contributed by atoms with van der Waals surface area (Å²) in [7, 11) is 0. The molecule has 1 aromatic carbocycles. The van der Waals surface area contributed by atoms with E-state index in [4.69, 9.17) is 4.74 Å². The van der Waals surface area contributed by atoms with E-state index in [1.54, 1.807) is 41.4 Å². The number of amidine groups is 1. The molecule has 0 spiro atoms. The number of rotatable bonds is 7. The molecule has 11 nitrogen and oxygen atoms in total. The van der Waals surface area contributed by atoms with Crippen LogP contribution in [0.4, 0.5) is 24.7 Å². The van der Waals surface area contributed by atoms with Gasteiger partial charge < -0.3 is 25.4 Å². The number of anilines is 2. The number of nitrogens with one attached hydrogen (secondary N) is 3. The molecule has 4 heterocycles. The van der Waals surface area contributed by atoms with Gasteiger partial charge in [-0.15, -0.1) is 0 Å². The number of ether oxygens (including phenoxy) is 1. The van der Waals surface area contributed by atoms with Crippen molar-refractivity contribution in [1.29, 1.82) is 0 Å². The fourth-order valence-electron chi connectivity index (χ4n) is 4.64. The Morgan fingerprint density at radius 1 is 1.18 bits per heavy atom. The number of aliphatic hydroxyl groups is 1. The molecule has 2 atom stereocenters. The maximum absolute atomic E-state index is 12.8. The lowest BCUT2D eigenvalue weighted by molar-refractivity contribution is -0.743. The Bertz CT molecular complexity index is 1550. The maximum atomic E-state index is 12.8. The van der Waals surface area contributed by atoms with Crippen molar-refractivity contribution in [1.82, 2.24) is 15.2 Å². The van der Waals surface area contributed by atoms with E-state index in [1.807, 2.05) is 35.5 Å². The summed E-state index contributed by atoms with van der Waals surface area (Å²) in [6.07, 6.45) is 2.16. The smallest absolute Gasteiger partial charge is 0.378 e. The van der Waals surface area contributed by atoms with Crippen LogP contribution in [0, 0.1) is 11.8 Å². The topological polar surface area (TPSA) is 124 Å². The number of benzene rings is 1. The van der Waals surface area contributed by atoms with Crippen molar-refractivity contribution >= 4 is 29.2 Å². The summed E-state index contributed by atoms with van der Waals surface area (Å²) < 4.78 is 43.5. The predicted octanol–water partition coefficient (Wildman–Crippen LogP) is 1.03. The molecule has 44 heavy (non-hydrogen) atoms. The van der Waals surface area contributed by atoms with Crippen LogP contribution < -0.4 is 20.4 Å². The minimum Gasteiger partial charge on any atom is -0.378 e. The second kappa shape index (κ2) is 12.9. The van der Waals surface area contributed by atoms with E-state index < -0.39 is 17.7 Å². The fourth-order valence-corrected chi connectivity index (χ4v) is 4.64. The van der Waals surface area contributed by atoms with Gasteiger partial charge in [0.1, 0.15) is 17.7 Å². The first kappa shape index (κ1) is 30.7. The minimum absolute atomic E-state index is 0.0174. The van der Waals surface area contributed by atoms with Crippen LogP contribution >= 0.6 is 0 Å². The highest BCUT2D eigenvalue weighted by atomic mass is 19.4. The van der Waals surface area contributed by atoms with Crippen LogP contribution in [0.2, 0.25) is 0 Å². The molecule has 5 rings (SSSR count). The molecule has 0 saturated carbocycles. The summed E-state index contributed by atoms with van der Waals surface area (Å²) in [5, 5.41) is 15.1. The van der Waals surface area contributed by atoms with Gasteiger partial charge in [0.05, 0.1) is 37.9 Å². The number of aromatic nitrogens is 1. The number of pyridine rings is 1. The molecule has 1 fully saturated rings. The van der Waals surface area contributed by atoms with E-state index in [1.165, 1.54) is 0 Å². The summed E-state index contributed by atoms with van der Waals surface area (Å²) in [6, 6.07) is 10.8. The lowest BCUT2D eigenvalue weighted by Gasteiger charge is -2.30. The normalized spacial score (nSPS) is 19.2. The molecule has 0 radical (unpaired) electrons. The third-order valence-corrected chi connectivity index (χ3v) is 7.10. The van der Waals surface area contributed by atoms with E-state index >= 15 is 0 Å². The number of morpholine rings is 1. The number of carbonyl (C=O) groups is 2. The van der Waals surface area contributed by atoms with Crippen LogP contribution in [0.1, 0.15) is 22.8 Å². The monoisotopic (exact) mass is 610 g/mol. The zero-order valence-electron chi connectivity index (χ0n) is 23.8. The van der Waals surface area contributed by atoms with Crippen LogP contribution in [-0.2, 0) is 16.0 Å². The van der Waals surface area contributed by atoms with E-state index in [2.05, 4.69) is 26.5 Å². The molecule has 0 bridgehead atoms. The number of quaternary nitrogens is 1. The molecular weight excluding hydrogens is 579 g/mol. The lowest BCUT2D eigenvalue weighted by atomic mass is 10.1. The summed E-state index contributed by atoms with van der Waals surface area (Å²) in [5.41, 5.74) is -0.466. The molecule has 14 heteroatoms. The Balaban J connectivity index is 1.24. The highest BCUT2D eigenvalue weighted by molar-refractivity contribution is 5.97. The van der Waals surface area contributed by atoms with Crippen molar-refractivity contribution < 1.29 is 37.5 Å². The van der Waals surface area contributed by atoms with Gasteiger partial charge in [-0.2, -0.15) is 18.2 Å². The quantitative estimate of drug-likeness (QED) is 0.346. The third-order valence-electron chi connectivity index (χ3n) is 7.10. The first-order valence-electron chi connectivity index (χ1n) is 13.8. The Hall–Kier alpha value is -4.71. The number of aliphatic imine (C=N–C) groups is 1. The minimum atomic E-state index is -4.90. The first-order chi connectivity index (χ1) is 21.0. The van der Waals surface area contributed by atoms with Gasteiger partial charge in [0.2, 0.25) is 11.5 Å². The predicted molar refractivity (Wildman–Crippen MR) is 155 cm³/mol.